The number of aliphatic imine (C=N–C) groups is 1. The van der Waals surface area contributed by atoms with Crippen molar-refractivity contribution in [2.24, 2.45) is 4.99 Å². The van der Waals surface area contributed by atoms with Crippen LogP contribution in [0.15, 0.2) is 29.3 Å². The zero-order valence-corrected chi connectivity index (χ0v) is 17.3. The van der Waals surface area contributed by atoms with Gasteiger partial charge in [0.05, 0.1) is 0 Å². The van der Waals surface area contributed by atoms with Crippen molar-refractivity contribution in [1.29, 1.82) is 0 Å². The van der Waals surface area contributed by atoms with Gasteiger partial charge in [0.1, 0.15) is 0 Å². The predicted octanol–water partition coefficient (Wildman–Crippen LogP) is 1.85. The minimum absolute atomic E-state index is 0.138. The topological polar surface area (TPSA) is 52.1 Å². The first-order valence-corrected chi connectivity index (χ1v) is 10.1. The first-order valence-electron chi connectivity index (χ1n) is 10.1. The molecule has 1 aromatic carbocycles. The lowest BCUT2D eigenvalue weighted by Gasteiger charge is -2.43. The molecule has 1 unspecified atom stereocenters. The van der Waals surface area contributed by atoms with E-state index in [2.05, 4.69) is 70.7 Å². The Morgan fingerprint density at radius 2 is 1.96 bits per heavy atom. The highest BCUT2D eigenvalue weighted by atomic mass is 16.5. The molecule has 2 aliphatic heterocycles. The Morgan fingerprint density at radius 1 is 1.26 bits per heavy atom. The monoisotopic (exact) mass is 373 g/mol. The zero-order valence-electron chi connectivity index (χ0n) is 17.3. The molecule has 1 atom stereocenters. The molecule has 0 spiro atoms. The fourth-order valence-corrected chi connectivity index (χ4v) is 4.04. The second-order valence-electron chi connectivity index (χ2n) is 8.07. The molecule has 150 valence electrons. The highest BCUT2D eigenvalue weighted by molar-refractivity contribution is 5.80. The fourth-order valence-electron chi connectivity index (χ4n) is 4.04. The number of ether oxygens (including phenoxy) is 1. The molecule has 6 nitrogen and oxygen atoms in total. The molecule has 0 amide bonds. The summed E-state index contributed by atoms with van der Waals surface area (Å²) in [5, 5.41) is 7.19. The van der Waals surface area contributed by atoms with Crippen molar-refractivity contribution in [2.45, 2.75) is 37.8 Å². The summed E-state index contributed by atoms with van der Waals surface area (Å²) in [5.41, 5.74) is 2.75. The summed E-state index contributed by atoms with van der Waals surface area (Å²) in [5.74, 6) is 0.901. The van der Waals surface area contributed by atoms with Gasteiger partial charge in [0.15, 0.2) is 5.96 Å². The number of anilines is 1. The number of hydrogen-bond donors (Lipinski definition) is 2. The van der Waals surface area contributed by atoms with Crippen LogP contribution in [0.5, 0.6) is 0 Å². The van der Waals surface area contributed by atoms with Crippen molar-refractivity contribution in [2.75, 3.05) is 58.9 Å². The number of rotatable bonds is 5. The van der Waals surface area contributed by atoms with E-state index in [9.17, 15) is 0 Å². The van der Waals surface area contributed by atoms with Crippen LogP contribution >= 0.6 is 0 Å². The van der Waals surface area contributed by atoms with Crippen LogP contribution in [-0.2, 0) is 4.74 Å². The van der Waals surface area contributed by atoms with E-state index in [0.717, 1.165) is 58.1 Å². The molecule has 0 aromatic heterocycles. The molecule has 2 N–H and O–H groups in total. The maximum Gasteiger partial charge on any atom is 0.191 e. The van der Waals surface area contributed by atoms with Gasteiger partial charge in [0, 0.05) is 57.2 Å². The third kappa shape index (κ3) is 4.93. The van der Waals surface area contributed by atoms with E-state index >= 15 is 0 Å². The standard InChI is InChI=1S/C21H35N5O/c1-17-5-7-19(8-6-17)26-12-9-18(15-26)24-20(22-2)23-16-21(25(3)4)10-13-27-14-11-21/h5-8,18H,9-16H2,1-4H3,(H2,22,23,24). The molecule has 27 heavy (non-hydrogen) atoms. The fraction of sp³-hybridized carbons (Fsp3) is 0.667. The van der Waals surface area contributed by atoms with Crippen LogP contribution in [0, 0.1) is 6.92 Å². The van der Waals surface area contributed by atoms with E-state index in [1.807, 2.05) is 7.05 Å². The summed E-state index contributed by atoms with van der Waals surface area (Å²) < 4.78 is 5.57. The average Bonchev–Trinajstić information content (AvgIpc) is 3.15. The van der Waals surface area contributed by atoms with Crippen LogP contribution in [0.3, 0.4) is 0 Å². The Kier molecular flexibility index (Phi) is 6.60. The van der Waals surface area contributed by atoms with Crippen LogP contribution in [0.1, 0.15) is 24.8 Å². The lowest BCUT2D eigenvalue weighted by atomic mass is 9.88. The van der Waals surface area contributed by atoms with Crippen LogP contribution < -0.4 is 15.5 Å². The number of likely N-dealkylation sites (N-methyl/N-ethyl adjacent to an activating group) is 1. The van der Waals surface area contributed by atoms with Gasteiger partial charge in [-0.15, -0.1) is 0 Å². The Balaban J connectivity index is 1.52. The van der Waals surface area contributed by atoms with Gasteiger partial charge in [-0.05, 0) is 52.4 Å². The molecular formula is C21H35N5O. The van der Waals surface area contributed by atoms with Crippen LogP contribution in [0.2, 0.25) is 0 Å². The number of nitrogens with one attached hydrogen (secondary N) is 2. The van der Waals surface area contributed by atoms with E-state index in [1.54, 1.807) is 0 Å². The quantitative estimate of drug-likeness (QED) is 0.609. The van der Waals surface area contributed by atoms with Crippen molar-refractivity contribution in [3.05, 3.63) is 29.8 Å². The van der Waals surface area contributed by atoms with Crippen molar-refractivity contribution in [3.8, 4) is 0 Å². The Morgan fingerprint density at radius 3 is 2.59 bits per heavy atom. The van der Waals surface area contributed by atoms with Gasteiger partial charge in [0.25, 0.3) is 0 Å². The smallest absolute Gasteiger partial charge is 0.191 e. The summed E-state index contributed by atoms with van der Waals surface area (Å²) in [4.78, 5) is 9.25. The lowest BCUT2D eigenvalue weighted by Crippen LogP contribution is -2.57. The van der Waals surface area contributed by atoms with E-state index in [1.165, 1.54) is 11.3 Å². The summed E-state index contributed by atoms with van der Waals surface area (Å²) in [6, 6.07) is 9.23. The molecule has 2 heterocycles. The maximum absolute atomic E-state index is 5.57. The van der Waals surface area contributed by atoms with Crippen molar-refractivity contribution >= 4 is 11.6 Å². The molecule has 2 aliphatic rings. The summed E-state index contributed by atoms with van der Waals surface area (Å²) >= 11 is 0. The third-order valence-corrected chi connectivity index (χ3v) is 6.11. The van der Waals surface area contributed by atoms with Gasteiger partial charge in [-0.1, -0.05) is 17.7 Å². The van der Waals surface area contributed by atoms with Crippen LogP contribution in [0.4, 0.5) is 5.69 Å². The van der Waals surface area contributed by atoms with E-state index in [4.69, 9.17) is 4.74 Å². The first kappa shape index (κ1) is 20.0. The summed E-state index contributed by atoms with van der Waals surface area (Å²) in [7, 11) is 6.19. The van der Waals surface area contributed by atoms with Crippen LogP contribution in [0.25, 0.3) is 0 Å². The lowest BCUT2D eigenvalue weighted by molar-refractivity contribution is -0.00502. The maximum atomic E-state index is 5.57. The number of benzene rings is 1. The second kappa shape index (κ2) is 8.93. The second-order valence-corrected chi connectivity index (χ2v) is 8.07. The number of aryl methyl sites for hydroxylation is 1. The molecule has 6 heteroatoms. The number of guanidine groups is 1. The van der Waals surface area contributed by atoms with Gasteiger partial charge in [0.2, 0.25) is 0 Å². The van der Waals surface area contributed by atoms with Crippen molar-refractivity contribution in [3.63, 3.8) is 0 Å². The van der Waals surface area contributed by atoms with Gasteiger partial charge < -0.3 is 25.2 Å². The average molecular weight is 374 g/mol. The molecule has 3 rings (SSSR count). The zero-order chi connectivity index (χ0) is 19.3. The Bertz CT molecular complexity index is 622. The number of hydrogen-bond acceptors (Lipinski definition) is 4. The van der Waals surface area contributed by atoms with Crippen LogP contribution in [-0.4, -0.2) is 76.4 Å². The Hall–Kier alpha value is -1.79. The van der Waals surface area contributed by atoms with Gasteiger partial charge in [-0.3, -0.25) is 4.99 Å². The molecular weight excluding hydrogens is 338 g/mol. The highest BCUT2D eigenvalue weighted by Crippen LogP contribution is 2.25. The largest absolute Gasteiger partial charge is 0.381 e. The molecule has 2 saturated heterocycles. The first-order chi connectivity index (χ1) is 13.0. The summed E-state index contributed by atoms with van der Waals surface area (Å²) in [6.45, 7) is 6.78. The predicted molar refractivity (Wildman–Crippen MR) is 113 cm³/mol. The summed E-state index contributed by atoms with van der Waals surface area (Å²) in [6.07, 6.45) is 3.23. The normalized spacial score (nSPS) is 22.9. The van der Waals surface area contributed by atoms with Gasteiger partial charge in [-0.25, -0.2) is 0 Å². The Labute approximate surface area is 164 Å². The highest BCUT2D eigenvalue weighted by Gasteiger charge is 2.35. The SMILES string of the molecule is CN=C(NCC1(N(C)C)CCOCC1)NC1CCN(c2ccc(C)cc2)C1. The minimum Gasteiger partial charge on any atom is -0.381 e. The van der Waals surface area contributed by atoms with E-state index in [-0.39, 0.29) is 5.54 Å². The molecule has 0 bridgehead atoms. The molecule has 0 radical (unpaired) electrons. The van der Waals surface area contributed by atoms with E-state index in [0.29, 0.717) is 6.04 Å². The molecule has 2 fully saturated rings. The number of nitrogens with zero attached hydrogens (tertiary/aromatic N) is 3. The van der Waals surface area contributed by atoms with Crippen molar-refractivity contribution < 1.29 is 4.74 Å². The van der Waals surface area contributed by atoms with Gasteiger partial charge in [-0.2, -0.15) is 0 Å². The minimum atomic E-state index is 0.138. The molecule has 0 aliphatic carbocycles. The molecule has 0 saturated carbocycles. The molecule has 1 aromatic rings. The van der Waals surface area contributed by atoms with E-state index < -0.39 is 0 Å². The third-order valence-electron chi connectivity index (χ3n) is 6.11. The van der Waals surface area contributed by atoms with Gasteiger partial charge >= 0.3 is 0 Å². The van der Waals surface area contributed by atoms with Crippen molar-refractivity contribution in [1.82, 2.24) is 15.5 Å².